The first kappa shape index (κ1) is 13.7. The molecule has 0 heterocycles. The van der Waals surface area contributed by atoms with Gasteiger partial charge >= 0.3 is 5.97 Å². The van der Waals surface area contributed by atoms with Gasteiger partial charge in [0, 0.05) is 6.61 Å². The Morgan fingerprint density at radius 2 is 2.06 bits per heavy atom. The van der Waals surface area contributed by atoms with Crippen LogP contribution in [-0.2, 0) is 15.1 Å². The normalized spacial score (nSPS) is 14.4. The van der Waals surface area contributed by atoms with Gasteiger partial charge in [-0.25, -0.2) is 4.79 Å². The van der Waals surface area contributed by atoms with Gasteiger partial charge in [-0.1, -0.05) is 30.7 Å². The summed E-state index contributed by atoms with van der Waals surface area (Å²) in [6.45, 7) is 7.88. The van der Waals surface area contributed by atoms with Crippen LogP contribution in [0.25, 0.3) is 0 Å². The average molecular weight is 236 g/mol. The molecule has 0 aliphatic carbocycles. The first-order valence-corrected chi connectivity index (χ1v) is 5.87. The minimum absolute atomic E-state index is 0.441. The van der Waals surface area contributed by atoms with Gasteiger partial charge < -0.3 is 9.84 Å². The maximum absolute atomic E-state index is 11.5. The van der Waals surface area contributed by atoms with Gasteiger partial charge in [-0.2, -0.15) is 0 Å². The van der Waals surface area contributed by atoms with Crippen molar-refractivity contribution < 1.29 is 14.6 Å². The molecule has 0 saturated carbocycles. The number of hydrogen-bond acceptors (Lipinski definition) is 2. The number of aryl methyl sites for hydroxylation is 2. The summed E-state index contributed by atoms with van der Waals surface area (Å²) in [6.07, 6.45) is 0.799. The van der Waals surface area contributed by atoms with Crippen molar-refractivity contribution >= 4 is 5.97 Å². The van der Waals surface area contributed by atoms with Gasteiger partial charge in [0.05, 0.1) is 0 Å². The molecule has 0 saturated heterocycles. The van der Waals surface area contributed by atoms with E-state index in [0.717, 1.165) is 23.1 Å². The van der Waals surface area contributed by atoms with Crippen LogP contribution in [0.15, 0.2) is 18.2 Å². The monoisotopic (exact) mass is 236 g/mol. The molecule has 3 nitrogen and oxygen atoms in total. The van der Waals surface area contributed by atoms with Gasteiger partial charge in [0.2, 0.25) is 0 Å². The molecule has 94 valence electrons. The second-order valence-electron chi connectivity index (χ2n) is 4.51. The minimum Gasteiger partial charge on any atom is -0.479 e. The summed E-state index contributed by atoms with van der Waals surface area (Å²) in [5.41, 5.74) is 1.46. The highest BCUT2D eigenvalue weighted by atomic mass is 16.5. The van der Waals surface area contributed by atoms with Crippen molar-refractivity contribution in [3.8, 4) is 0 Å². The number of carboxylic acid groups (broad SMARTS) is 1. The third-order valence-electron chi connectivity index (χ3n) is 2.91. The van der Waals surface area contributed by atoms with Gasteiger partial charge in [0.25, 0.3) is 0 Å². The lowest BCUT2D eigenvalue weighted by Crippen LogP contribution is -2.36. The standard InChI is InChI=1S/C14H20O3/c1-5-8-17-14(4,13(15)16)12-9-10(2)6-7-11(12)3/h6-7,9H,5,8H2,1-4H3,(H,15,16). The van der Waals surface area contributed by atoms with Gasteiger partial charge in [-0.05, 0) is 38.3 Å². The Hall–Kier alpha value is -1.35. The van der Waals surface area contributed by atoms with Crippen LogP contribution in [0.5, 0.6) is 0 Å². The Kier molecular flexibility index (Phi) is 4.29. The van der Waals surface area contributed by atoms with Crippen molar-refractivity contribution in [2.24, 2.45) is 0 Å². The topological polar surface area (TPSA) is 46.5 Å². The molecule has 17 heavy (non-hydrogen) atoms. The molecule has 0 fully saturated rings. The SMILES string of the molecule is CCCOC(C)(C(=O)O)c1cc(C)ccc1C. The van der Waals surface area contributed by atoms with E-state index in [0.29, 0.717) is 6.61 Å². The van der Waals surface area contributed by atoms with Crippen molar-refractivity contribution in [3.05, 3.63) is 34.9 Å². The first-order chi connectivity index (χ1) is 7.91. The second kappa shape index (κ2) is 5.32. The molecule has 0 amide bonds. The van der Waals surface area contributed by atoms with E-state index >= 15 is 0 Å². The van der Waals surface area contributed by atoms with Gasteiger partial charge in [0.15, 0.2) is 5.60 Å². The van der Waals surface area contributed by atoms with Crippen LogP contribution in [0.4, 0.5) is 0 Å². The molecule has 0 bridgehead atoms. The number of ether oxygens (including phenoxy) is 1. The maximum atomic E-state index is 11.5. The fraction of sp³-hybridized carbons (Fsp3) is 0.500. The van der Waals surface area contributed by atoms with Crippen molar-refractivity contribution in [3.63, 3.8) is 0 Å². The van der Waals surface area contributed by atoms with Gasteiger partial charge in [0.1, 0.15) is 0 Å². The summed E-state index contributed by atoms with van der Waals surface area (Å²) in [5.74, 6) is -0.945. The molecule has 1 N–H and O–H groups in total. The number of carbonyl (C=O) groups is 1. The fourth-order valence-electron chi connectivity index (χ4n) is 1.81. The zero-order chi connectivity index (χ0) is 13.1. The highest BCUT2D eigenvalue weighted by molar-refractivity contribution is 5.79. The number of hydrogen-bond donors (Lipinski definition) is 1. The molecule has 1 rings (SSSR count). The summed E-state index contributed by atoms with van der Waals surface area (Å²) in [7, 11) is 0. The fourth-order valence-corrected chi connectivity index (χ4v) is 1.81. The van der Waals surface area contributed by atoms with E-state index in [1.807, 2.05) is 39.0 Å². The summed E-state index contributed by atoms with van der Waals surface area (Å²) in [6, 6.07) is 5.79. The number of rotatable bonds is 5. The molecule has 0 aliphatic rings. The number of carboxylic acids is 1. The lowest BCUT2D eigenvalue weighted by atomic mass is 9.90. The summed E-state index contributed by atoms with van der Waals surface area (Å²) < 4.78 is 5.56. The van der Waals surface area contributed by atoms with Crippen molar-refractivity contribution in [1.29, 1.82) is 0 Å². The Bertz CT molecular complexity index is 412. The molecular weight excluding hydrogens is 216 g/mol. The van der Waals surface area contributed by atoms with E-state index in [-0.39, 0.29) is 0 Å². The van der Waals surface area contributed by atoms with Gasteiger partial charge in [-0.3, -0.25) is 0 Å². The van der Waals surface area contributed by atoms with Crippen LogP contribution < -0.4 is 0 Å². The smallest absolute Gasteiger partial charge is 0.340 e. The van der Waals surface area contributed by atoms with Crippen LogP contribution in [0.2, 0.25) is 0 Å². The predicted molar refractivity (Wildman–Crippen MR) is 67.1 cm³/mol. The minimum atomic E-state index is -1.26. The number of aliphatic carboxylic acids is 1. The second-order valence-corrected chi connectivity index (χ2v) is 4.51. The van der Waals surface area contributed by atoms with Crippen molar-refractivity contribution in [2.75, 3.05) is 6.61 Å². The molecule has 1 aromatic rings. The summed E-state index contributed by atoms with van der Waals surface area (Å²) >= 11 is 0. The van der Waals surface area contributed by atoms with Crippen LogP contribution >= 0.6 is 0 Å². The molecule has 1 aromatic carbocycles. The quantitative estimate of drug-likeness (QED) is 0.854. The molecule has 0 aromatic heterocycles. The van der Waals surface area contributed by atoms with Crippen LogP contribution in [-0.4, -0.2) is 17.7 Å². The highest BCUT2D eigenvalue weighted by Crippen LogP contribution is 2.29. The zero-order valence-corrected chi connectivity index (χ0v) is 10.9. The third-order valence-corrected chi connectivity index (χ3v) is 2.91. The van der Waals surface area contributed by atoms with Crippen LogP contribution in [0.3, 0.4) is 0 Å². The molecule has 3 heteroatoms. The van der Waals surface area contributed by atoms with E-state index in [2.05, 4.69) is 0 Å². The molecule has 0 spiro atoms. The highest BCUT2D eigenvalue weighted by Gasteiger charge is 2.37. The van der Waals surface area contributed by atoms with Crippen molar-refractivity contribution in [2.45, 2.75) is 39.7 Å². The van der Waals surface area contributed by atoms with Gasteiger partial charge in [-0.15, -0.1) is 0 Å². The Morgan fingerprint density at radius 3 is 2.59 bits per heavy atom. The summed E-state index contributed by atoms with van der Waals surface area (Å²) in [5, 5.41) is 9.40. The zero-order valence-electron chi connectivity index (χ0n) is 10.9. The molecule has 1 unspecified atom stereocenters. The van der Waals surface area contributed by atoms with Crippen LogP contribution in [0.1, 0.15) is 37.0 Å². The van der Waals surface area contributed by atoms with E-state index in [1.165, 1.54) is 0 Å². The average Bonchev–Trinajstić information content (AvgIpc) is 2.29. The van der Waals surface area contributed by atoms with Crippen molar-refractivity contribution in [1.82, 2.24) is 0 Å². The molecular formula is C14H20O3. The Morgan fingerprint density at radius 1 is 1.41 bits per heavy atom. The van der Waals surface area contributed by atoms with E-state index in [1.54, 1.807) is 6.92 Å². The largest absolute Gasteiger partial charge is 0.479 e. The van der Waals surface area contributed by atoms with E-state index in [9.17, 15) is 9.90 Å². The summed E-state index contributed by atoms with van der Waals surface area (Å²) in [4.78, 5) is 11.5. The molecule has 1 atom stereocenters. The van der Waals surface area contributed by atoms with E-state index < -0.39 is 11.6 Å². The maximum Gasteiger partial charge on any atom is 0.340 e. The third kappa shape index (κ3) is 2.86. The number of benzene rings is 1. The predicted octanol–water partition coefficient (Wildman–Crippen LogP) is 3.03. The van der Waals surface area contributed by atoms with Crippen LogP contribution in [0, 0.1) is 13.8 Å². The van der Waals surface area contributed by atoms with E-state index in [4.69, 9.17) is 4.74 Å². The Labute approximate surface area is 102 Å². The lowest BCUT2D eigenvalue weighted by Gasteiger charge is -2.27. The lowest BCUT2D eigenvalue weighted by molar-refractivity contribution is -0.165. The first-order valence-electron chi connectivity index (χ1n) is 5.87. The molecule has 0 radical (unpaired) electrons. The Balaban J connectivity index is 3.21. The molecule has 0 aliphatic heterocycles.